The summed E-state index contributed by atoms with van der Waals surface area (Å²) in [5.74, 6) is -2.80. The molecule has 0 saturated heterocycles. The molecule has 5 heteroatoms. The molecule has 0 radical (unpaired) electrons. The number of aliphatic carboxylic acids is 2. The summed E-state index contributed by atoms with van der Waals surface area (Å²) in [5.41, 5.74) is 0. The zero-order chi connectivity index (χ0) is 6.57. The maximum Gasteiger partial charge on any atom is 1.00 e. The van der Waals surface area contributed by atoms with Crippen LogP contribution in [0.15, 0.2) is 12.2 Å². The summed E-state index contributed by atoms with van der Waals surface area (Å²) >= 11 is 0. The van der Waals surface area contributed by atoms with Crippen LogP contribution in [0.5, 0.6) is 0 Å². The van der Waals surface area contributed by atoms with Crippen LogP contribution in [-0.4, -0.2) is 17.0 Å². The molecular weight excluding hydrogens is 151 g/mol. The van der Waals surface area contributed by atoms with Crippen LogP contribution in [0.25, 0.3) is 0 Å². The van der Waals surface area contributed by atoms with Crippen molar-refractivity contribution in [2.75, 3.05) is 0 Å². The van der Waals surface area contributed by atoms with Crippen LogP contribution < -0.4 is 56.5 Å². The first-order valence-corrected chi connectivity index (χ1v) is 1.75. The third-order valence-corrected chi connectivity index (χ3v) is 0.362. The van der Waals surface area contributed by atoms with Crippen LogP contribution in [0, 0.1) is 0 Å². The van der Waals surface area contributed by atoms with E-state index in [0.29, 0.717) is 12.2 Å². The van der Waals surface area contributed by atoms with Crippen molar-refractivity contribution >= 4 is 11.9 Å². The normalized spacial score (nSPS) is 8.44. The molecule has 0 aromatic heterocycles. The molecule has 44 valence electrons. The quantitative estimate of drug-likeness (QED) is 0.320. The zero-order valence-corrected chi connectivity index (χ0v) is 7.95. The molecule has 0 amide bonds. The van der Waals surface area contributed by atoms with Crippen molar-refractivity contribution in [3.8, 4) is 0 Å². The molecule has 4 nitrogen and oxygen atoms in total. The summed E-state index contributed by atoms with van der Waals surface area (Å²) in [7, 11) is 0. The molecule has 0 aliphatic heterocycles. The Balaban J connectivity index is 0. The van der Waals surface area contributed by atoms with Crippen molar-refractivity contribution in [1.29, 1.82) is 0 Å². The number of hydrogen-bond acceptors (Lipinski definition) is 3. The number of rotatable bonds is 2. The predicted octanol–water partition coefficient (Wildman–Crippen LogP) is -4.62. The van der Waals surface area contributed by atoms with Crippen molar-refractivity contribution in [2.45, 2.75) is 0 Å². The van der Waals surface area contributed by atoms with Gasteiger partial charge in [-0.25, -0.2) is 4.79 Å². The van der Waals surface area contributed by atoms with Gasteiger partial charge < -0.3 is 15.0 Å². The van der Waals surface area contributed by atoms with Gasteiger partial charge >= 0.3 is 57.4 Å². The Morgan fingerprint density at radius 1 is 1.33 bits per heavy atom. The molecule has 0 heterocycles. The topological polar surface area (TPSA) is 77.4 Å². The molecule has 0 aromatic carbocycles. The van der Waals surface area contributed by atoms with E-state index in [2.05, 4.69) is 0 Å². The first-order chi connectivity index (χ1) is 3.63. The molecule has 0 aliphatic carbocycles. The Morgan fingerprint density at radius 2 is 1.78 bits per heavy atom. The van der Waals surface area contributed by atoms with Gasteiger partial charge in [0.15, 0.2) is 0 Å². The standard InChI is InChI=1S/C4H4O4.K/c5-3(6)1-2-4(7)8;/h1-2H,(H,5,6)(H,7,8);/q;+1/p-1. The van der Waals surface area contributed by atoms with E-state index in [9.17, 15) is 14.7 Å². The second-order valence-electron chi connectivity index (χ2n) is 0.991. The van der Waals surface area contributed by atoms with Crippen LogP contribution in [0.4, 0.5) is 0 Å². The summed E-state index contributed by atoms with van der Waals surface area (Å²) in [6, 6.07) is 0. The zero-order valence-electron chi connectivity index (χ0n) is 4.83. The van der Waals surface area contributed by atoms with E-state index in [0.717, 1.165) is 0 Å². The van der Waals surface area contributed by atoms with E-state index in [1.54, 1.807) is 0 Å². The largest absolute Gasteiger partial charge is 1.00 e. The van der Waals surface area contributed by atoms with Gasteiger partial charge in [-0.15, -0.1) is 0 Å². The average molecular weight is 154 g/mol. The summed E-state index contributed by atoms with van der Waals surface area (Å²) in [6.45, 7) is 0. The summed E-state index contributed by atoms with van der Waals surface area (Å²) in [4.78, 5) is 19.0. The van der Waals surface area contributed by atoms with Crippen LogP contribution in [-0.2, 0) is 9.59 Å². The van der Waals surface area contributed by atoms with Gasteiger partial charge in [-0.1, -0.05) is 0 Å². The maximum atomic E-state index is 9.53. The van der Waals surface area contributed by atoms with E-state index in [1.807, 2.05) is 0 Å². The van der Waals surface area contributed by atoms with Gasteiger partial charge in [-0.05, 0) is 6.08 Å². The smallest absolute Gasteiger partial charge is 0.545 e. The number of carboxylic acids is 2. The first kappa shape index (κ1) is 12.0. The van der Waals surface area contributed by atoms with E-state index < -0.39 is 11.9 Å². The monoisotopic (exact) mass is 154 g/mol. The van der Waals surface area contributed by atoms with E-state index in [4.69, 9.17) is 5.11 Å². The Morgan fingerprint density at radius 3 is 1.89 bits per heavy atom. The van der Waals surface area contributed by atoms with Crippen LogP contribution in [0.1, 0.15) is 0 Å². The second-order valence-corrected chi connectivity index (χ2v) is 0.991. The van der Waals surface area contributed by atoms with E-state index in [-0.39, 0.29) is 51.4 Å². The van der Waals surface area contributed by atoms with E-state index >= 15 is 0 Å². The molecule has 0 unspecified atom stereocenters. The molecule has 0 spiro atoms. The molecule has 0 aliphatic rings. The summed E-state index contributed by atoms with van der Waals surface area (Å²) < 4.78 is 0. The summed E-state index contributed by atoms with van der Waals surface area (Å²) in [6.07, 6.45) is 0.942. The van der Waals surface area contributed by atoms with Gasteiger partial charge in [0.2, 0.25) is 0 Å². The number of carbonyl (C=O) groups excluding carboxylic acids is 1. The Kier molecular flexibility index (Phi) is 8.61. The van der Waals surface area contributed by atoms with Crippen LogP contribution >= 0.6 is 0 Å². The summed E-state index contributed by atoms with van der Waals surface area (Å²) in [5, 5.41) is 17.2. The Labute approximate surface area is 94.0 Å². The fourth-order valence-electron chi connectivity index (χ4n) is 0.139. The minimum Gasteiger partial charge on any atom is -0.545 e. The SMILES string of the molecule is O=C([O-])C=CC(=O)O.[K+]. The van der Waals surface area contributed by atoms with Crippen molar-refractivity contribution in [1.82, 2.24) is 0 Å². The molecule has 0 saturated carbocycles. The molecule has 1 N–H and O–H groups in total. The van der Waals surface area contributed by atoms with Gasteiger partial charge in [0.05, 0.1) is 5.97 Å². The Hall–Kier alpha value is 0.316. The molecule has 0 rings (SSSR count). The van der Waals surface area contributed by atoms with Gasteiger partial charge in [0.25, 0.3) is 0 Å². The number of carbonyl (C=O) groups is 2. The van der Waals surface area contributed by atoms with E-state index in [1.165, 1.54) is 0 Å². The Bertz CT molecular complexity index is 124. The molecule has 0 atom stereocenters. The number of carboxylic acid groups (broad SMARTS) is 2. The van der Waals surface area contributed by atoms with Crippen LogP contribution in [0.2, 0.25) is 0 Å². The van der Waals surface area contributed by atoms with Crippen molar-refractivity contribution in [3.63, 3.8) is 0 Å². The molecule has 9 heavy (non-hydrogen) atoms. The molecule has 0 aromatic rings. The molecule has 0 bridgehead atoms. The molecular formula is C4H3KO4. The van der Waals surface area contributed by atoms with Crippen molar-refractivity contribution in [3.05, 3.63) is 12.2 Å². The predicted molar refractivity (Wildman–Crippen MR) is 21.8 cm³/mol. The van der Waals surface area contributed by atoms with Gasteiger partial charge in [0, 0.05) is 6.08 Å². The average Bonchev–Trinajstić information content (AvgIpc) is 1.61. The first-order valence-electron chi connectivity index (χ1n) is 1.75. The van der Waals surface area contributed by atoms with Crippen molar-refractivity contribution < 1.29 is 71.2 Å². The minimum atomic E-state index is -1.51. The van der Waals surface area contributed by atoms with Gasteiger partial charge in [-0.3, -0.25) is 0 Å². The second kappa shape index (κ2) is 6.44. The maximum absolute atomic E-state index is 9.53. The van der Waals surface area contributed by atoms with Crippen molar-refractivity contribution in [2.24, 2.45) is 0 Å². The third kappa shape index (κ3) is 11.7. The third-order valence-electron chi connectivity index (χ3n) is 0.362. The fourth-order valence-corrected chi connectivity index (χ4v) is 0.139. The van der Waals surface area contributed by atoms with Crippen LogP contribution in [0.3, 0.4) is 0 Å². The fraction of sp³-hybridized carbons (Fsp3) is 0. The van der Waals surface area contributed by atoms with Gasteiger partial charge in [0.1, 0.15) is 0 Å². The minimum absolute atomic E-state index is 0. The molecule has 0 fully saturated rings. The van der Waals surface area contributed by atoms with Gasteiger partial charge in [-0.2, -0.15) is 0 Å². The number of hydrogen-bond donors (Lipinski definition) is 1.